The standard InChI is InChI=1S/C24H30F3N3O/c1-31-21-15-9-8-14-19(21)20-16-22(24(25,26)27)29-23(28-20)30(17-10-4-2-5-11-17)18-12-6-3-7-13-18/h8-9,14-18H,2-7,10-13H2,1H3. The third-order valence-electron chi connectivity index (χ3n) is 6.55. The van der Waals surface area contributed by atoms with Gasteiger partial charge in [-0.2, -0.15) is 13.2 Å². The average Bonchev–Trinajstić information content (AvgIpc) is 2.80. The second-order valence-electron chi connectivity index (χ2n) is 8.63. The maximum Gasteiger partial charge on any atom is 0.433 e. The van der Waals surface area contributed by atoms with E-state index < -0.39 is 11.9 Å². The highest BCUT2D eigenvalue weighted by atomic mass is 19.4. The third kappa shape index (κ3) is 4.96. The molecule has 0 spiro atoms. The molecule has 1 aromatic heterocycles. The molecule has 0 saturated heterocycles. The lowest BCUT2D eigenvalue weighted by atomic mass is 9.89. The van der Waals surface area contributed by atoms with Gasteiger partial charge in [0.1, 0.15) is 5.75 Å². The van der Waals surface area contributed by atoms with E-state index in [0.717, 1.165) is 57.4 Å². The quantitative estimate of drug-likeness (QED) is 0.530. The van der Waals surface area contributed by atoms with Gasteiger partial charge in [-0.15, -0.1) is 0 Å². The van der Waals surface area contributed by atoms with Crippen molar-refractivity contribution in [2.45, 2.75) is 82.5 Å². The lowest BCUT2D eigenvalue weighted by Gasteiger charge is -2.42. The molecule has 0 radical (unpaired) electrons. The molecule has 31 heavy (non-hydrogen) atoms. The van der Waals surface area contributed by atoms with Crippen molar-refractivity contribution in [3.8, 4) is 17.0 Å². The minimum atomic E-state index is -4.54. The number of benzene rings is 1. The molecule has 1 aromatic carbocycles. The van der Waals surface area contributed by atoms with E-state index in [-0.39, 0.29) is 23.7 Å². The SMILES string of the molecule is COc1ccccc1-c1cc(C(F)(F)F)nc(N(C2CCCCC2)C2CCCCC2)n1. The molecule has 4 nitrogen and oxygen atoms in total. The first-order valence-corrected chi connectivity index (χ1v) is 11.4. The lowest BCUT2D eigenvalue weighted by Crippen LogP contribution is -2.46. The molecule has 2 aliphatic carbocycles. The summed E-state index contributed by atoms with van der Waals surface area (Å²) in [6.45, 7) is 0. The van der Waals surface area contributed by atoms with E-state index in [9.17, 15) is 13.2 Å². The van der Waals surface area contributed by atoms with Gasteiger partial charge in [0.05, 0.1) is 12.8 Å². The molecule has 2 fully saturated rings. The normalized spacial score (nSPS) is 18.7. The van der Waals surface area contributed by atoms with Crippen LogP contribution in [0.2, 0.25) is 0 Å². The van der Waals surface area contributed by atoms with E-state index in [2.05, 4.69) is 9.88 Å². The van der Waals surface area contributed by atoms with Crippen molar-refractivity contribution in [3.05, 3.63) is 36.0 Å². The van der Waals surface area contributed by atoms with Crippen LogP contribution in [0, 0.1) is 0 Å². The highest BCUT2D eigenvalue weighted by Crippen LogP contribution is 2.38. The van der Waals surface area contributed by atoms with Crippen molar-refractivity contribution in [1.82, 2.24) is 9.97 Å². The number of hydrogen-bond donors (Lipinski definition) is 0. The Kier molecular flexibility index (Phi) is 6.68. The van der Waals surface area contributed by atoms with Crippen LogP contribution in [0.1, 0.15) is 69.9 Å². The number of alkyl halides is 3. The summed E-state index contributed by atoms with van der Waals surface area (Å²) in [5, 5.41) is 0. The Hall–Kier alpha value is -2.31. The largest absolute Gasteiger partial charge is 0.496 e. The van der Waals surface area contributed by atoms with Gasteiger partial charge in [0.25, 0.3) is 0 Å². The molecular weight excluding hydrogens is 403 g/mol. The van der Waals surface area contributed by atoms with Crippen LogP contribution in [0.25, 0.3) is 11.3 Å². The van der Waals surface area contributed by atoms with Gasteiger partial charge in [0.2, 0.25) is 5.95 Å². The van der Waals surface area contributed by atoms with Crippen LogP contribution in [0.5, 0.6) is 5.75 Å². The minimum absolute atomic E-state index is 0.200. The van der Waals surface area contributed by atoms with Crippen LogP contribution in [0.15, 0.2) is 30.3 Å². The highest BCUT2D eigenvalue weighted by Gasteiger charge is 2.37. The van der Waals surface area contributed by atoms with Gasteiger partial charge in [-0.25, -0.2) is 9.97 Å². The molecule has 2 aromatic rings. The van der Waals surface area contributed by atoms with Gasteiger partial charge in [-0.1, -0.05) is 50.7 Å². The van der Waals surface area contributed by atoms with E-state index in [4.69, 9.17) is 9.72 Å². The van der Waals surface area contributed by atoms with Gasteiger partial charge in [-0.3, -0.25) is 0 Å². The van der Waals surface area contributed by atoms with E-state index in [0.29, 0.717) is 11.3 Å². The first-order chi connectivity index (χ1) is 15.0. The summed E-state index contributed by atoms with van der Waals surface area (Å²) in [5.41, 5.74) is -0.0900. The molecular formula is C24H30F3N3O. The number of nitrogens with zero attached hydrogens (tertiary/aromatic N) is 3. The number of methoxy groups -OCH3 is 1. The molecule has 168 valence electrons. The van der Waals surface area contributed by atoms with Crippen LogP contribution in [-0.2, 0) is 6.18 Å². The molecule has 0 atom stereocenters. The molecule has 0 unspecified atom stereocenters. The van der Waals surface area contributed by atoms with Gasteiger partial charge < -0.3 is 9.64 Å². The number of anilines is 1. The number of halogens is 3. The Balaban J connectivity index is 1.83. The Bertz CT molecular complexity index is 857. The fourth-order valence-corrected chi connectivity index (χ4v) is 5.03. The summed E-state index contributed by atoms with van der Waals surface area (Å²) < 4.78 is 47.0. The van der Waals surface area contributed by atoms with Crippen molar-refractivity contribution in [1.29, 1.82) is 0 Å². The first-order valence-electron chi connectivity index (χ1n) is 11.4. The number of aromatic nitrogens is 2. The van der Waals surface area contributed by atoms with Crippen molar-refractivity contribution in [3.63, 3.8) is 0 Å². The van der Waals surface area contributed by atoms with Crippen LogP contribution in [-0.4, -0.2) is 29.2 Å². The molecule has 7 heteroatoms. The van der Waals surface area contributed by atoms with Crippen molar-refractivity contribution in [2.75, 3.05) is 12.0 Å². The molecule has 2 saturated carbocycles. The number of para-hydroxylation sites is 1. The zero-order valence-corrected chi connectivity index (χ0v) is 18.0. The number of hydrogen-bond acceptors (Lipinski definition) is 4. The molecule has 4 rings (SSSR count). The average molecular weight is 434 g/mol. The number of ether oxygens (including phenoxy) is 1. The van der Waals surface area contributed by atoms with Gasteiger partial charge in [0.15, 0.2) is 5.69 Å². The zero-order valence-electron chi connectivity index (χ0n) is 18.0. The van der Waals surface area contributed by atoms with Crippen LogP contribution in [0.4, 0.5) is 19.1 Å². The van der Waals surface area contributed by atoms with E-state index in [1.165, 1.54) is 20.0 Å². The smallest absolute Gasteiger partial charge is 0.433 e. The predicted molar refractivity (Wildman–Crippen MR) is 115 cm³/mol. The second kappa shape index (κ2) is 9.45. The topological polar surface area (TPSA) is 38.2 Å². The molecule has 0 N–H and O–H groups in total. The fourth-order valence-electron chi connectivity index (χ4n) is 5.03. The van der Waals surface area contributed by atoms with Crippen molar-refractivity contribution < 1.29 is 17.9 Å². The van der Waals surface area contributed by atoms with Gasteiger partial charge >= 0.3 is 6.18 Å². The van der Waals surface area contributed by atoms with E-state index in [1.54, 1.807) is 24.3 Å². The second-order valence-corrected chi connectivity index (χ2v) is 8.63. The maximum absolute atomic E-state index is 13.9. The van der Waals surface area contributed by atoms with Crippen molar-refractivity contribution >= 4 is 5.95 Å². The highest BCUT2D eigenvalue weighted by molar-refractivity contribution is 5.68. The third-order valence-corrected chi connectivity index (χ3v) is 6.55. The van der Waals surface area contributed by atoms with Gasteiger partial charge in [-0.05, 0) is 43.9 Å². The molecule has 1 heterocycles. The maximum atomic E-state index is 13.9. The minimum Gasteiger partial charge on any atom is -0.496 e. The zero-order chi connectivity index (χ0) is 21.8. The Morgan fingerprint density at radius 2 is 1.45 bits per heavy atom. The Morgan fingerprint density at radius 3 is 2.00 bits per heavy atom. The molecule has 2 aliphatic rings. The number of rotatable bonds is 5. The molecule has 0 bridgehead atoms. The van der Waals surface area contributed by atoms with Crippen LogP contribution < -0.4 is 9.64 Å². The van der Waals surface area contributed by atoms with E-state index >= 15 is 0 Å². The van der Waals surface area contributed by atoms with Crippen LogP contribution in [0.3, 0.4) is 0 Å². The summed E-state index contributed by atoms with van der Waals surface area (Å²) >= 11 is 0. The van der Waals surface area contributed by atoms with Crippen LogP contribution >= 0.6 is 0 Å². The summed E-state index contributed by atoms with van der Waals surface area (Å²) in [6.07, 6.45) is 6.19. The fraction of sp³-hybridized carbons (Fsp3) is 0.583. The predicted octanol–water partition coefficient (Wildman–Crippen LogP) is 6.64. The Morgan fingerprint density at radius 1 is 0.871 bits per heavy atom. The lowest BCUT2D eigenvalue weighted by molar-refractivity contribution is -0.141. The first kappa shape index (κ1) is 21.9. The summed E-state index contributed by atoms with van der Waals surface area (Å²) in [7, 11) is 1.52. The summed E-state index contributed by atoms with van der Waals surface area (Å²) in [5.74, 6) is 0.719. The van der Waals surface area contributed by atoms with E-state index in [1.807, 2.05) is 0 Å². The summed E-state index contributed by atoms with van der Waals surface area (Å²) in [6, 6.07) is 8.51. The van der Waals surface area contributed by atoms with Gasteiger partial charge in [0, 0.05) is 17.6 Å². The monoisotopic (exact) mass is 433 g/mol. The Labute approximate surface area is 181 Å². The summed E-state index contributed by atoms with van der Waals surface area (Å²) in [4.78, 5) is 10.9. The van der Waals surface area contributed by atoms with Crippen molar-refractivity contribution in [2.24, 2.45) is 0 Å². The molecule has 0 aliphatic heterocycles. The molecule has 0 amide bonds.